The summed E-state index contributed by atoms with van der Waals surface area (Å²) in [6, 6.07) is 5.40. The van der Waals surface area contributed by atoms with Gasteiger partial charge in [-0.2, -0.15) is 0 Å². The molecule has 6 heteroatoms. The second kappa shape index (κ2) is 7.88. The van der Waals surface area contributed by atoms with E-state index < -0.39 is 5.41 Å². The molecule has 0 amide bonds. The predicted octanol–water partition coefficient (Wildman–Crippen LogP) is 3.37. The summed E-state index contributed by atoms with van der Waals surface area (Å²) in [7, 11) is 0. The molecule has 0 saturated heterocycles. The highest BCUT2D eigenvalue weighted by Crippen LogP contribution is 2.25. The normalized spacial score (nSPS) is 10.7. The summed E-state index contributed by atoms with van der Waals surface area (Å²) in [6.45, 7) is 7.49. The van der Waals surface area contributed by atoms with Crippen molar-refractivity contribution >= 4 is 11.6 Å². The number of pyridine rings is 2. The maximum Gasteiger partial charge on any atom is 0.213 e. The number of nitrogens with zero attached hydrogens (tertiary/aromatic N) is 2. The zero-order valence-electron chi connectivity index (χ0n) is 14.4. The summed E-state index contributed by atoms with van der Waals surface area (Å²) >= 11 is 0. The summed E-state index contributed by atoms with van der Waals surface area (Å²) in [6.07, 6.45) is 3.38. The lowest BCUT2D eigenvalue weighted by Crippen LogP contribution is -2.29. The number of amidine groups is 1. The Labute approximate surface area is 149 Å². The number of aryl methyl sites for hydroxylation is 1. The van der Waals surface area contributed by atoms with E-state index in [1.165, 1.54) is 0 Å². The lowest BCUT2D eigenvalue weighted by atomic mass is 9.90. The molecule has 0 atom stereocenters. The van der Waals surface area contributed by atoms with Crippen molar-refractivity contribution in [1.29, 1.82) is 5.41 Å². The third-order valence-electron chi connectivity index (χ3n) is 3.97. The number of nitrogens with one attached hydrogen (secondary N) is 1. The van der Waals surface area contributed by atoms with Crippen molar-refractivity contribution < 1.29 is 9.53 Å². The number of nitrogen functional groups attached to an aromatic ring is 1. The van der Waals surface area contributed by atoms with Gasteiger partial charge in [0.05, 0.1) is 5.41 Å². The molecule has 0 radical (unpaired) electrons. The molecule has 6 nitrogen and oxygen atoms in total. The van der Waals surface area contributed by atoms with E-state index in [4.69, 9.17) is 15.9 Å². The number of hydrogen-bond acceptors (Lipinski definition) is 5. The number of rotatable bonds is 6. The fraction of sp³-hybridized carbons (Fsp3) is 0.368. The molecule has 3 N–H and O–H groups in total. The minimum atomic E-state index is -0.541. The lowest BCUT2D eigenvalue weighted by molar-refractivity contribution is -0.126. The van der Waals surface area contributed by atoms with Crippen LogP contribution in [-0.2, 0) is 4.79 Å². The van der Waals surface area contributed by atoms with Gasteiger partial charge >= 0.3 is 0 Å². The first-order valence-electron chi connectivity index (χ1n) is 7.62. The van der Waals surface area contributed by atoms with Crippen molar-refractivity contribution in [1.82, 2.24) is 9.97 Å². The zero-order chi connectivity index (χ0) is 17.9. The van der Waals surface area contributed by atoms with Crippen molar-refractivity contribution in [2.24, 2.45) is 11.1 Å². The quantitative estimate of drug-likeness (QED) is 0.619. The first-order valence-corrected chi connectivity index (χ1v) is 7.62. The van der Waals surface area contributed by atoms with Crippen LogP contribution in [0.5, 0.6) is 5.88 Å². The largest absolute Gasteiger partial charge is 0.477 e. The van der Waals surface area contributed by atoms with Gasteiger partial charge in [0, 0.05) is 29.6 Å². The van der Waals surface area contributed by atoms with E-state index in [2.05, 4.69) is 9.97 Å². The van der Waals surface area contributed by atoms with E-state index >= 15 is 0 Å². The van der Waals surface area contributed by atoms with Crippen molar-refractivity contribution in [2.75, 3.05) is 6.61 Å². The highest BCUT2D eigenvalue weighted by molar-refractivity contribution is 5.93. The Hall–Kier alpha value is -2.76. The molecule has 25 heavy (non-hydrogen) atoms. The van der Waals surface area contributed by atoms with Gasteiger partial charge in [0.15, 0.2) is 0 Å². The summed E-state index contributed by atoms with van der Waals surface area (Å²) in [5, 5.41) is 7.37. The molecule has 0 bridgehead atoms. The zero-order valence-corrected chi connectivity index (χ0v) is 14.4. The van der Waals surface area contributed by atoms with Crippen LogP contribution in [0.25, 0.3) is 11.1 Å². The van der Waals surface area contributed by atoms with Gasteiger partial charge < -0.3 is 10.5 Å². The minimum Gasteiger partial charge on any atom is -0.477 e. The monoisotopic (exact) mass is 342 g/mol. The second-order valence-electron chi connectivity index (χ2n) is 6.41. The Balaban J connectivity index is 0.00000312. The third-order valence-corrected chi connectivity index (χ3v) is 3.97. The number of aromatic nitrogens is 2. The molecule has 0 saturated carbocycles. The Morgan fingerprint density at radius 3 is 2.44 bits per heavy atom. The first kappa shape index (κ1) is 20.3. The van der Waals surface area contributed by atoms with Crippen LogP contribution in [0, 0.1) is 17.7 Å². The fourth-order valence-electron chi connectivity index (χ4n) is 1.98. The standard InChI is InChI=1S/C18H22N4O2.CH4/c1-11-7-16(24-10-18(3,4)12(2)23)22-9-14(11)13-5-6-15(17(19)20)21-8-13;/h5-9H,10H2,1-4H3,(H3,19,20);1H4. The molecule has 2 rings (SSSR count). The molecule has 0 aliphatic carbocycles. The Kier molecular flexibility index (Phi) is 6.39. The lowest BCUT2D eigenvalue weighted by Gasteiger charge is -2.21. The summed E-state index contributed by atoms with van der Waals surface area (Å²) in [4.78, 5) is 20.0. The van der Waals surface area contributed by atoms with Gasteiger partial charge in [0.25, 0.3) is 0 Å². The van der Waals surface area contributed by atoms with Crippen LogP contribution in [0.1, 0.15) is 39.5 Å². The number of nitrogens with two attached hydrogens (primary N) is 1. The molecule has 0 unspecified atom stereocenters. The van der Waals surface area contributed by atoms with Crippen LogP contribution in [-0.4, -0.2) is 28.2 Å². The summed E-state index contributed by atoms with van der Waals surface area (Å²) < 4.78 is 5.66. The smallest absolute Gasteiger partial charge is 0.213 e. The first-order chi connectivity index (χ1) is 11.2. The highest BCUT2D eigenvalue weighted by atomic mass is 16.5. The van der Waals surface area contributed by atoms with Gasteiger partial charge in [-0.15, -0.1) is 0 Å². The van der Waals surface area contributed by atoms with Gasteiger partial charge in [-0.25, -0.2) is 4.98 Å². The molecular weight excluding hydrogens is 316 g/mol. The Morgan fingerprint density at radius 1 is 1.28 bits per heavy atom. The summed E-state index contributed by atoms with van der Waals surface area (Å²) in [5.74, 6) is 0.500. The number of carbonyl (C=O) groups excluding carboxylic acids is 1. The van der Waals surface area contributed by atoms with E-state index in [1.54, 1.807) is 25.4 Å². The molecule has 0 fully saturated rings. The van der Waals surface area contributed by atoms with Crippen LogP contribution in [0.15, 0.2) is 30.6 Å². The van der Waals surface area contributed by atoms with E-state index in [0.29, 0.717) is 11.6 Å². The number of ether oxygens (including phenoxy) is 1. The number of Topliss-reactive ketones (excluding diaryl/α,β-unsaturated/α-hetero) is 1. The van der Waals surface area contributed by atoms with Gasteiger partial charge in [-0.3, -0.25) is 15.2 Å². The maximum absolute atomic E-state index is 11.5. The Morgan fingerprint density at radius 2 is 1.96 bits per heavy atom. The molecule has 0 spiro atoms. The molecule has 2 aromatic rings. The minimum absolute atomic E-state index is 0. The van der Waals surface area contributed by atoms with Gasteiger partial charge in [-0.05, 0) is 39.3 Å². The van der Waals surface area contributed by atoms with Crippen LogP contribution in [0.3, 0.4) is 0 Å². The van der Waals surface area contributed by atoms with Crippen molar-refractivity contribution in [2.45, 2.75) is 35.1 Å². The maximum atomic E-state index is 11.5. The molecule has 134 valence electrons. The van der Waals surface area contributed by atoms with E-state index in [0.717, 1.165) is 16.7 Å². The van der Waals surface area contributed by atoms with Crippen LogP contribution in [0.4, 0.5) is 0 Å². The third kappa shape index (κ3) is 4.86. The van der Waals surface area contributed by atoms with Gasteiger partial charge in [-0.1, -0.05) is 13.5 Å². The van der Waals surface area contributed by atoms with E-state index in [9.17, 15) is 4.79 Å². The molecule has 2 heterocycles. The average molecular weight is 342 g/mol. The molecule has 2 aromatic heterocycles. The van der Waals surface area contributed by atoms with Crippen molar-refractivity contribution in [3.63, 3.8) is 0 Å². The molecule has 0 aliphatic heterocycles. The van der Waals surface area contributed by atoms with E-state index in [-0.39, 0.29) is 25.7 Å². The van der Waals surface area contributed by atoms with E-state index in [1.807, 2.05) is 32.9 Å². The van der Waals surface area contributed by atoms with Gasteiger partial charge in [0.1, 0.15) is 23.9 Å². The summed E-state index contributed by atoms with van der Waals surface area (Å²) in [5.41, 5.74) is 8.11. The van der Waals surface area contributed by atoms with Crippen LogP contribution in [0.2, 0.25) is 0 Å². The predicted molar refractivity (Wildman–Crippen MR) is 99.9 cm³/mol. The van der Waals surface area contributed by atoms with Crippen molar-refractivity contribution in [3.8, 4) is 17.0 Å². The Bertz CT molecular complexity index is 767. The van der Waals surface area contributed by atoms with Crippen molar-refractivity contribution in [3.05, 3.63) is 41.9 Å². The second-order valence-corrected chi connectivity index (χ2v) is 6.41. The highest BCUT2D eigenvalue weighted by Gasteiger charge is 2.24. The fourth-order valence-corrected chi connectivity index (χ4v) is 1.98. The topological polar surface area (TPSA) is 102 Å². The van der Waals surface area contributed by atoms with Crippen LogP contribution >= 0.6 is 0 Å². The average Bonchev–Trinajstić information content (AvgIpc) is 2.53. The van der Waals surface area contributed by atoms with Gasteiger partial charge in [0.2, 0.25) is 5.88 Å². The molecule has 0 aromatic carbocycles. The number of carbonyl (C=O) groups is 1. The molecule has 0 aliphatic rings. The van der Waals surface area contributed by atoms with Crippen LogP contribution < -0.4 is 10.5 Å². The SMILES string of the molecule is C.CC(=O)C(C)(C)COc1cc(C)c(-c2ccc(C(=N)N)nc2)cn1. The number of hydrogen-bond donors (Lipinski definition) is 2. The number of ketones is 1. The molecular formula is C19H26N4O2.